The largest absolute Gasteiger partial charge is 0.472 e. The van der Waals surface area contributed by atoms with Gasteiger partial charge in [-0.3, -0.25) is 4.79 Å². The van der Waals surface area contributed by atoms with Crippen molar-refractivity contribution in [1.29, 1.82) is 0 Å². The average molecular weight is 331 g/mol. The molecular weight excluding hydrogens is 311 g/mol. The van der Waals surface area contributed by atoms with E-state index in [1.54, 1.807) is 4.90 Å². The first-order valence-electron chi connectivity index (χ1n) is 7.42. The van der Waals surface area contributed by atoms with Gasteiger partial charge in [-0.25, -0.2) is 4.98 Å². The highest BCUT2D eigenvalue weighted by molar-refractivity contribution is 5.82. The average Bonchev–Trinajstić information content (AvgIpc) is 2.93. The molecule has 5 nitrogen and oxygen atoms in total. The maximum atomic E-state index is 12.5. The van der Waals surface area contributed by atoms with E-state index in [1.165, 1.54) is 6.07 Å². The Morgan fingerprint density at radius 1 is 1.43 bits per heavy atom. The third-order valence-corrected chi connectivity index (χ3v) is 3.81. The van der Waals surface area contributed by atoms with Crippen LogP contribution in [-0.2, 0) is 11.0 Å². The van der Waals surface area contributed by atoms with Crippen molar-refractivity contribution in [2.45, 2.75) is 38.6 Å². The molecule has 2 rings (SSSR count). The second kappa shape index (κ2) is 6.74. The van der Waals surface area contributed by atoms with Gasteiger partial charge < -0.3 is 15.4 Å². The molecule has 128 valence electrons. The second-order valence-corrected chi connectivity index (χ2v) is 5.97. The van der Waals surface area contributed by atoms with Crippen molar-refractivity contribution in [1.82, 2.24) is 9.88 Å². The Morgan fingerprint density at radius 3 is 2.65 bits per heavy atom. The van der Waals surface area contributed by atoms with E-state index in [1.807, 2.05) is 13.8 Å². The molecule has 1 unspecified atom stereocenters. The van der Waals surface area contributed by atoms with Crippen molar-refractivity contribution < 1.29 is 22.7 Å². The molecule has 23 heavy (non-hydrogen) atoms. The van der Waals surface area contributed by atoms with Gasteiger partial charge in [0.2, 0.25) is 11.8 Å². The lowest BCUT2D eigenvalue weighted by Gasteiger charge is -2.23. The molecule has 0 aliphatic carbocycles. The summed E-state index contributed by atoms with van der Waals surface area (Å²) in [5.74, 6) is 0.0241. The van der Waals surface area contributed by atoms with E-state index >= 15 is 0 Å². The first kappa shape index (κ1) is 17.5. The Hall–Kier alpha value is -1.83. The number of nitrogens with two attached hydrogens (primary N) is 1. The lowest BCUT2D eigenvalue weighted by Crippen LogP contribution is -2.46. The molecule has 2 heterocycles. The molecule has 0 saturated carbocycles. The van der Waals surface area contributed by atoms with Crippen molar-refractivity contribution in [3.05, 3.63) is 23.9 Å². The molecule has 1 aromatic rings. The third-order valence-electron chi connectivity index (χ3n) is 3.81. The van der Waals surface area contributed by atoms with E-state index in [2.05, 4.69) is 4.98 Å². The van der Waals surface area contributed by atoms with Crippen molar-refractivity contribution >= 4 is 5.91 Å². The molecule has 1 aliphatic rings. The van der Waals surface area contributed by atoms with Crippen LogP contribution in [0.3, 0.4) is 0 Å². The number of likely N-dealkylation sites (tertiary alicyclic amines) is 1. The fourth-order valence-electron chi connectivity index (χ4n) is 2.31. The summed E-state index contributed by atoms with van der Waals surface area (Å²) in [6, 6.07) is 1.56. The van der Waals surface area contributed by atoms with E-state index in [0.717, 1.165) is 12.3 Å². The summed E-state index contributed by atoms with van der Waals surface area (Å²) < 4.78 is 43.0. The van der Waals surface area contributed by atoms with E-state index < -0.39 is 17.8 Å². The van der Waals surface area contributed by atoms with Crippen molar-refractivity contribution in [2.75, 3.05) is 13.1 Å². The number of rotatable bonds is 4. The summed E-state index contributed by atoms with van der Waals surface area (Å²) in [4.78, 5) is 17.4. The summed E-state index contributed by atoms with van der Waals surface area (Å²) in [6.07, 6.45) is -3.38. The summed E-state index contributed by atoms with van der Waals surface area (Å²) in [5, 5.41) is 0. The number of hydrogen-bond donors (Lipinski definition) is 1. The van der Waals surface area contributed by atoms with Crippen LogP contribution < -0.4 is 10.5 Å². The Balaban J connectivity index is 1.92. The van der Waals surface area contributed by atoms with Crippen molar-refractivity contribution in [3.63, 3.8) is 0 Å². The molecule has 2 atom stereocenters. The van der Waals surface area contributed by atoms with Crippen LogP contribution in [0.25, 0.3) is 0 Å². The highest BCUT2D eigenvalue weighted by Gasteiger charge is 2.33. The minimum atomic E-state index is -4.42. The van der Waals surface area contributed by atoms with Crippen LogP contribution in [0, 0.1) is 5.92 Å². The number of pyridine rings is 1. The zero-order valence-electron chi connectivity index (χ0n) is 13.0. The number of hydrogen-bond acceptors (Lipinski definition) is 4. The van der Waals surface area contributed by atoms with Crippen LogP contribution in [0.1, 0.15) is 25.8 Å². The molecule has 0 spiro atoms. The monoisotopic (exact) mass is 331 g/mol. The van der Waals surface area contributed by atoms with Crippen LogP contribution >= 0.6 is 0 Å². The summed E-state index contributed by atoms with van der Waals surface area (Å²) in [6.45, 7) is 4.63. The van der Waals surface area contributed by atoms with Gasteiger partial charge in [-0.05, 0) is 12.0 Å². The minimum absolute atomic E-state index is 0.0408. The molecule has 1 fully saturated rings. The number of carbonyl (C=O) groups is 1. The maximum absolute atomic E-state index is 12.5. The predicted octanol–water partition coefficient (Wildman–Crippen LogP) is 2.06. The highest BCUT2D eigenvalue weighted by atomic mass is 19.4. The molecule has 1 aliphatic heterocycles. The SMILES string of the molecule is CC(C)[C@H](N)C(=O)N1CCC(Oc2ccc(C(F)(F)F)cn2)C1. The standard InChI is InChI=1S/C15H20F3N3O2/c1-9(2)13(19)14(22)21-6-5-11(8-21)23-12-4-3-10(7-20-12)15(16,17)18/h3-4,7,9,11,13H,5-6,8,19H2,1-2H3/t11?,13-/m0/s1. The number of alkyl halides is 3. The molecule has 0 radical (unpaired) electrons. The van der Waals surface area contributed by atoms with Gasteiger partial charge in [-0.15, -0.1) is 0 Å². The maximum Gasteiger partial charge on any atom is 0.417 e. The quantitative estimate of drug-likeness (QED) is 0.917. The van der Waals surface area contributed by atoms with Crippen molar-refractivity contribution in [3.8, 4) is 5.88 Å². The Labute approximate surface area is 132 Å². The van der Waals surface area contributed by atoms with Gasteiger partial charge in [-0.1, -0.05) is 13.8 Å². The zero-order chi connectivity index (χ0) is 17.2. The number of amides is 1. The number of halogens is 3. The number of aromatic nitrogens is 1. The number of carbonyl (C=O) groups excluding carboxylic acids is 1. The lowest BCUT2D eigenvalue weighted by atomic mass is 10.0. The van der Waals surface area contributed by atoms with E-state index in [-0.39, 0.29) is 23.8 Å². The lowest BCUT2D eigenvalue weighted by molar-refractivity contribution is -0.138. The fourth-order valence-corrected chi connectivity index (χ4v) is 2.31. The Kier molecular flexibility index (Phi) is 5.13. The highest BCUT2D eigenvalue weighted by Crippen LogP contribution is 2.29. The Bertz CT molecular complexity index is 546. The topological polar surface area (TPSA) is 68.5 Å². The predicted molar refractivity (Wildman–Crippen MR) is 77.7 cm³/mol. The smallest absolute Gasteiger partial charge is 0.417 e. The second-order valence-electron chi connectivity index (χ2n) is 5.97. The molecular formula is C15H20F3N3O2. The summed E-state index contributed by atoms with van der Waals surface area (Å²) in [5.41, 5.74) is 5.02. The summed E-state index contributed by atoms with van der Waals surface area (Å²) >= 11 is 0. The Morgan fingerprint density at radius 2 is 2.13 bits per heavy atom. The van der Waals surface area contributed by atoms with Gasteiger partial charge in [0.25, 0.3) is 0 Å². The molecule has 2 N–H and O–H groups in total. The van der Waals surface area contributed by atoms with Gasteiger partial charge in [0.15, 0.2) is 0 Å². The minimum Gasteiger partial charge on any atom is -0.472 e. The zero-order valence-corrected chi connectivity index (χ0v) is 13.0. The molecule has 1 saturated heterocycles. The van der Waals surface area contributed by atoms with Crippen molar-refractivity contribution in [2.24, 2.45) is 11.7 Å². The van der Waals surface area contributed by atoms with Crippen LogP contribution in [0.2, 0.25) is 0 Å². The van der Waals surface area contributed by atoms with E-state index in [4.69, 9.17) is 10.5 Å². The van der Waals surface area contributed by atoms with Gasteiger partial charge in [0.05, 0.1) is 18.2 Å². The first-order valence-corrected chi connectivity index (χ1v) is 7.42. The fraction of sp³-hybridized carbons (Fsp3) is 0.600. The molecule has 1 amide bonds. The third kappa shape index (κ3) is 4.34. The molecule has 8 heteroatoms. The van der Waals surface area contributed by atoms with E-state index in [9.17, 15) is 18.0 Å². The van der Waals surface area contributed by atoms with Crippen LogP contribution in [0.15, 0.2) is 18.3 Å². The van der Waals surface area contributed by atoms with Crippen LogP contribution in [-0.4, -0.2) is 41.0 Å². The number of ether oxygens (including phenoxy) is 1. The first-order chi connectivity index (χ1) is 10.7. The number of nitrogens with zero attached hydrogens (tertiary/aromatic N) is 2. The van der Waals surface area contributed by atoms with Gasteiger partial charge >= 0.3 is 6.18 Å². The molecule has 1 aromatic heterocycles. The van der Waals surface area contributed by atoms with Gasteiger partial charge in [-0.2, -0.15) is 13.2 Å². The van der Waals surface area contributed by atoms with E-state index in [0.29, 0.717) is 19.5 Å². The molecule has 0 bridgehead atoms. The van der Waals surface area contributed by atoms with Crippen LogP contribution in [0.4, 0.5) is 13.2 Å². The normalized spacial score (nSPS) is 20.0. The van der Waals surface area contributed by atoms with Gasteiger partial charge in [0, 0.05) is 25.2 Å². The van der Waals surface area contributed by atoms with Crippen LogP contribution in [0.5, 0.6) is 5.88 Å². The van der Waals surface area contributed by atoms with Gasteiger partial charge in [0.1, 0.15) is 6.10 Å². The summed E-state index contributed by atoms with van der Waals surface area (Å²) in [7, 11) is 0. The molecule has 0 aromatic carbocycles.